The molecule has 2 saturated heterocycles. The van der Waals surface area contributed by atoms with Crippen molar-refractivity contribution in [3.05, 3.63) is 11.6 Å². The molecule has 0 aromatic carbocycles. The highest BCUT2D eigenvalue weighted by atomic mass is 16.7. The molecule has 4 aliphatic rings. The standard InChI is InChI=1S/C24H34O9/c1-12(2)7-18(27)32-16-9-23(10-29-14(4)25)17(8-13(16)3)33-21-19(28)20(31-15(5)26)22(23,6)24(21)11-30-24/h8,12,16-17,19-21,28H,7,9-11H2,1-6H3/t16-,17-,19+,20+,21+,22-,23-,24-/m1/s1. The molecule has 0 amide bonds. The third kappa shape index (κ3) is 3.51. The Morgan fingerprint density at radius 3 is 2.42 bits per heavy atom. The van der Waals surface area contributed by atoms with Gasteiger partial charge in [-0.25, -0.2) is 0 Å². The van der Waals surface area contributed by atoms with E-state index < -0.39 is 58.9 Å². The number of hydrogen-bond acceptors (Lipinski definition) is 9. The van der Waals surface area contributed by atoms with Gasteiger partial charge in [-0.2, -0.15) is 0 Å². The molecule has 1 saturated carbocycles. The van der Waals surface area contributed by atoms with Crippen LogP contribution in [0.2, 0.25) is 0 Å². The Morgan fingerprint density at radius 1 is 1.21 bits per heavy atom. The molecular formula is C24H34O9. The molecule has 0 aromatic heterocycles. The number of epoxide rings is 1. The van der Waals surface area contributed by atoms with Gasteiger partial charge in [0, 0.05) is 26.7 Å². The Hall–Kier alpha value is -1.97. The number of esters is 3. The molecule has 33 heavy (non-hydrogen) atoms. The number of carbonyl (C=O) groups excluding carboxylic acids is 3. The summed E-state index contributed by atoms with van der Waals surface area (Å²) in [5.74, 6) is -1.18. The molecule has 4 rings (SSSR count). The first-order valence-corrected chi connectivity index (χ1v) is 11.5. The number of carbonyl (C=O) groups is 3. The van der Waals surface area contributed by atoms with E-state index in [4.69, 9.17) is 23.7 Å². The van der Waals surface area contributed by atoms with Crippen molar-refractivity contribution in [3.8, 4) is 0 Å². The van der Waals surface area contributed by atoms with Crippen LogP contribution < -0.4 is 0 Å². The summed E-state index contributed by atoms with van der Waals surface area (Å²) >= 11 is 0. The first-order chi connectivity index (χ1) is 15.4. The van der Waals surface area contributed by atoms with Crippen LogP contribution in [0.3, 0.4) is 0 Å². The number of aliphatic hydroxyl groups is 1. The summed E-state index contributed by atoms with van der Waals surface area (Å²) in [6.45, 7) is 10.5. The van der Waals surface area contributed by atoms with E-state index in [0.717, 1.165) is 5.57 Å². The highest BCUT2D eigenvalue weighted by molar-refractivity contribution is 5.70. The van der Waals surface area contributed by atoms with E-state index in [1.54, 1.807) is 0 Å². The Morgan fingerprint density at radius 2 is 1.88 bits per heavy atom. The van der Waals surface area contributed by atoms with Crippen LogP contribution in [0.4, 0.5) is 0 Å². The van der Waals surface area contributed by atoms with Gasteiger partial charge in [0.05, 0.1) is 23.5 Å². The van der Waals surface area contributed by atoms with Gasteiger partial charge in [-0.15, -0.1) is 0 Å². The van der Waals surface area contributed by atoms with Gasteiger partial charge in [0.1, 0.15) is 36.6 Å². The molecule has 9 heteroatoms. The second-order valence-electron chi connectivity index (χ2n) is 10.5. The number of aliphatic hydroxyl groups excluding tert-OH is 1. The molecule has 2 aliphatic heterocycles. The SMILES string of the molecule is CC(=O)OC[C@]12C[C@@H](OC(=O)CC(C)C)C(C)=C[C@H]1O[C@H]1[C@@H](O)[C@H](OC(C)=O)[C@@]2(C)[C@@]12CO2. The predicted octanol–water partition coefficient (Wildman–Crippen LogP) is 1.69. The van der Waals surface area contributed by atoms with Gasteiger partial charge in [0.2, 0.25) is 0 Å². The highest BCUT2D eigenvalue weighted by Gasteiger charge is 2.86. The first kappa shape index (κ1) is 24.2. The van der Waals surface area contributed by atoms with Crippen molar-refractivity contribution in [2.24, 2.45) is 16.7 Å². The van der Waals surface area contributed by atoms with Gasteiger partial charge in [-0.3, -0.25) is 14.4 Å². The molecule has 2 heterocycles. The fraction of sp³-hybridized carbons (Fsp3) is 0.792. The van der Waals surface area contributed by atoms with E-state index in [9.17, 15) is 19.5 Å². The topological polar surface area (TPSA) is 121 Å². The molecule has 1 N–H and O–H groups in total. The van der Waals surface area contributed by atoms with Crippen LogP contribution in [0.5, 0.6) is 0 Å². The largest absolute Gasteiger partial charge is 0.465 e. The maximum Gasteiger partial charge on any atom is 0.306 e. The van der Waals surface area contributed by atoms with E-state index in [1.807, 2.05) is 33.8 Å². The van der Waals surface area contributed by atoms with Crippen LogP contribution >= 0.6 is 0 Å². The zero-order chi connectivity index (χ0) is 24.3. The fourth-order valence-electron chi connectivity index (χ4n) is 6.26. The lowest BCUT2D eigenvalue weighted by Gasteiger charge is -2.58. The zero-order valence-electron chi connectivity index (χ0n) is 20.1. The van der Waals surface area contributed by atoms with Crippen molar-refractivity contribution in [1.82, 2.24) is 0 Å². The molecule has 9 nitrogen and oxygen atoms in total. The van der Waals surface area contributed by atoms with Crippen LogP contribution in [-0.4, -0.2) is 72.3 Å². The van der Waals surface area contributed by atoms with Gasteiger partial charge in [-0.1, -0.05) is 26.8 Å². The van der Waals surface area contributed by atoms with Gasteiger partial charge < -0.3 is 28.8 Å². The zero-order valence-corrected chi connectivity index (χ0v) is 20.1. The maximum atomic E-state index is 12.5. The second-order valence-corrected chi connectivity index (χ2v) is 10.5. The molecule has 0 unspecified atom stereocenters. The van der Waals surface area contributed by atoms with E-state index in [0.29, 0.717) is 6.61 Å². The number of rotatable bonds is 6. The van der Waals surface area contributed by atoms with Crippen molar-refractivity contribution in [2.45, 2.75) is 90.5 Å². The van der Waals surface area contributed by atoms with Gasteiger partial charge in [0.15, 0.2) is 0 Å². The molecular weight excluding hydrogens is 432 g/mol. The summed E-state index contributed by atoms with van der Waals surface area (Å²) in [6.07, 6.45) is -1.46. The monoisotopic (exact) mass is 466 g/mol. The van der Waals surface area contributed by atoms with E-state index in [-0.39, 0.29) is 31.3 Å². The third-order valence-corrected chi connectivity index (χ3v) is 8.00. The van der Waals surface area contributed by atoms with Crippen molar-refractivity contribution in [3.63, 3.8) is 0 Å². The second kappa shape index (κ2) is 8.06. The normalized spacial score (nSPS) is 43.0. The Kier molecular flexibility index (Phi) is 5.90. The van der Waals surface area contributed by atoms with Crippen molar-refractivity contribution < 1.29 is 43.2 Å². The van der Waals surface area contributed by atoms with Crippen molar-refractivity contribution in [1.29, 1.82) is 0 Å². The van der Waals surface area contributed by atoms with Crippen LogP contribution in [0.1, 0.15) is 54.4 Å². The molecule has 2 aliphatic carbocycles. The number of fused-ring (bicyclic) bond motifs is 2. The highest BCUT2D eigenvalue weighted by Crippen LogP contribution is 2.72. The van der Waals surface area contributed by atoms with E-state index in [1.165, 1.54) is 13.8 Å². The molecule has 0 aromatic rings. The van der Waals surface area contributed by atoms with E-state index >= 15 is 0 Å². The summed E-state index contributed by atoms with van der Waals surface area (Å²) in [5, 5.41) is 11.2. The van der Waals surface area contributed by atoms with Gasteiger partial charge in [0.25, 0.3) is 0 Å². The summed E-state index contributed by atoms with van der Waals surface area (Å²) in [7, 11) is 0. The molecule has 0 radical (unpaired) electrons. The summed E-state index contributed by atoms with van der Waals surface area (Å²) in [5.41, 5.74) is -2.00. The Bertz CT molecular complexity index is 875. The number of ether oxygens (including phenoxy) is 5. The summed E-state index contributed by atoms with van der Waals surface area (Å²) in [6, 6.07) is 0. The Balaban J connectivity index is 1.79. The van der Waals surface area contributed by atoms with Gasteiger partial charge >= 0.3 is 17.9 Å². The molecule has 8 atom stereocenters. The van der Waals surface area contributed by atoms with Crippen molar-refractivity contribution in [2.75, 3.05) is 13.2 Å². The van der Waals surface area contributed by atoms with Crippen LogP contribution in [0, 0.1) is 16.7 Å². The third-order valence-electron chi connectivity index (χ3n) is 8.00. The minimum absolute atomic E-state index is 0.0617. The van der Waals surface area contributed by atoms with Crippen LogP contribution in [0.25, 0.3) is 0 Å². The Labute approximate surface area is 193 Å². The maximum absolute atomic E-state index is 12.5. The molecule has 1 spiro atoms. The summed E-state index contributed by atoms with van der Waals surface area (Å²) < 4.78 is 29.4. The van der Waals surface area contributed by atoms with Crippen LogP contribution in [0.15, 0.2) is 11.6 Å². The fourth-order valence-corrected chi connectivity index (χ4v) is 6.26. The van der Waals surface area contributed by atoms with E-state index in [2.05, 4.69) is 0 Å². The lowest BCUT2D eigenvalue weighted by atomic mass is 9.51. The lowest BCUT2D eigenvalue weighted by molar-refractivity contribution is -0.241. The minimum atomic E-state index is -1.11. The molecule has 3 fully saturated rings. The molecule has 2 bridgehead atoms. The average molecular weight is 467 g/mol. The quantitative estimate of drug-likeness (QED) is 0.270. The van der Waals surface area contributed by atoms with Gasteiger partial charge in [-0.05, 0) is 18.4 Å². The first-order valence-electron chi connectivity index (χ1n) is 11.5. The summed E-state index contributed by atoms with van der Waals surface area (Å²) in [4.78, 5) is 36.4. The number of hydrogen-bond donors (Lipinski definition) is 1. The lowest BCUT2D eigenvalue weighted by Crippen LogP contribution is -2.68. The van der Waals surface area contributed by atoms with Crippen LogP contribution in [-0.2, 0) is 38.1 Å². The smallest absolute Gasteiger partial charge is 0.306 e. The predicted molar refractivity (Wildman–Crippen MR) is 114 cm³/mol. The molecule has 184 valence electrons. The average Bonchev–Trinajstić information content (AvgIpc) is 3.48. The minimum Gasteiger partial charge on any atom is -0.465 e. The van der Waals surface area contributed by atoms with Crippen molar-refractivity contribution >= 4 is 17.9 Å².